The maximum Gasteiger partial charge on any atom is 0.460 e. The van der Waals surface area contributed by atoms with E-state index in [1.165, 1.54) is 0 Å². The molecule has 0 spiro atoms. The van der Waals surface area contributed by atoms with Crippen LogP contribution in [0.1, 0.15) is 0 Å². The molecule has 0 aliphatic heterocycles. The van der Waals surface area contributed by atoms with Crippen molar-refractivity contribution < 1.29 is 57.1 Å². The Hall–Kier alpha value is -0.910. The second-order valence-corrected chi connectivity index (χ2v) is 3.50. The molecule has 0 aliphatic carbocycles. The molecule has 0 aliphatic rings. The van der Waals surface area contributed by atoms with E-state index in [1.54, 1.807) is 0 Å². The maximum atomic E-state index is 12.5. The van der Waals surface area contributed by atoms with Crippen LogP contribution in [-0.2, 0) is 0 Å². The summed E-state index contributed by atoms with van der Waals surface area (Å²) in [5, 5.41) is 0. The fraction of sp³-hybridized carbons (Fsp3) is 0.857. The van der Waals surface area contributed by atoms with Crippen molar-refractivity contribution in [2.45, 2.75) is 35.8 Å². The molecule has 0 bridgehead atoms. The molecule has 0 unspecified atom stereocenters. The lowest BCUT2D eigenvalue weighted by molar-refractivity contribution is -0.436. The Kier molecular flexibility index (Phi) is 4.10. The van der Waals surface area contributed by atoms with Gasteiger partial charge in [-0.25, -0.2) is 0 Å². The van der Waals surface area contributed by atoms with Crippen LogP contribution < -0.4 is 0 Å². The Labute approximate surface area is 101 Å². The van der Waals surface area contributed by atoms with Gasteiger partial charge in [0.2, 0.25) is 0 Å². The highest BCUT2D eigenvalue weighted by Gasteiger charge is 2.90. The van der Waals surface area contributed by atoms with Crippen LogP contribution in [0.3, 0.4) is 0 Å². The molecular weight excluding hydrogens is 331 g/mol. The van der Waals surface area contributed by atoms with Gasteiger partial charge in [0.25, 0.3) is 0 Å². The second-order valence-electron chi connectivity index (χ2n) is 3.50. The average Bonchev–Trinajstić information content (AvgIpc) is 2.12. The lowest BCUT2D eigenvalue weighted by Crippen LogP contribution is -2.69. The summed E-state index contributed by atoms with van der Waals surface area (Å²) in [6.45, 7) is 1.04. The normalized spacial score (nSPS) is 16.5. The first-order valence-electron chi connectivity index (χ1n) is 4.06. The minimum atomic E-state index is -7.84. The molecule has 0 N–H and O–H groups in total. The van der Waals surface area contributed by atoms with Gasteiger partial charge in [-0.1, -0.05) is 0 Å². The van der Waals surface area contributed by atoms with Crippen molar-refractivity contribution in [3.8, 4) is 0 Å². The van der Waals surface area contributed by atoms with Gasteiger partial charge in [-0.3, -0.25) is 0 Å². The standard InChI is InChI=1S/C7H2F13/c1-2(8,9)3(10,11)4(12,13)5(14,15)6(16,17)7(18,19)20/h1H2. The summed E-state index contributed by atoms with van der Waals surface area (Å²) >= 11 is 0. The molecule has 13 heteroatoms. The largest absolute Gasteiger partial charge is 0.460 e. The Morgan fingerprint density at radius 2 is 0.650 bits per heavy atom. The molecule has 0 aromatic rings. The summed E-state index contributed by atoms with van der Waals surface area (Å²) in [5.74, 6) is -36.8. The molecule has 0 rings (SSSR count). The summed E-state index contributed by atoms with van der Waals surface area (Å²) in [6.07, 6.45) is -7.38. The Morgan fingerprint density at radius 1 is 0.400 bits per heavy atom. The van der Waals surface area contributed by atoms with Crippen molar-refractivity contribution in [1.29, 1.82) is 0 Å². The molecule has 0 nitrogen and oxygen atoms in total. The first-order chi connectivity index (χ1) is 8.25. The molecule has 0 fully saturated rings. The van der Waals surface area contributed by atoms with E-state index in [1.807, 2.05) is 0 Å². The third-order valence-electron chi connectivity index (χ3n) is 2.00. The summed E-state index contributed by atoms with van der Waals surface area (Å²) < 4.78 is 158. The molecule has 0 saturated heterocycles. The highest BCUT2D eigenvalue weighted by atomic mass is 19.4. The number of hydrogen-bond acceptors (Lipinski definition) is 0. The SMILES string of the molecule is [CH2]C(F)(F)C(F)(F)C(F)(F)C(F)(F)C(F)(F)C(F)(F)F. The first kappa shape index (κ1) is 19.1. The van der Waals surface area contributed by atoms with Crippen LogP contribution in [0.25, 0.3) is 0 Å². The minimum absolute atomic E-state index is 1.04. The lowest BCUT2D eigenvalue weighted by atomic mass is 9.95. The van der Waals surface area contributed by atoms with Crippen molar-refractivity contribution in [2.75, 3.05) is 0 Å². The highest BCUT2D eigenvalue weighted by Crippen LogP contribution is 2.59. The number of hydrogen-bond donors (Lipinski definition) is 0. The summed E-state index contributed by atoms with van der Waals surface area (Å²) in [4.78, 5) is 0. The summed E-state index contributed by atoms with van der Waals surface area (Å²) in [5.41, 5.74) is 0. The quantitative estimate of drug-likeness (QED) is 0.662. The molecule has 1 radical (unpaired) electrons. The Morgan fingerprint density at radius 3 is 0.850 bits per heavy atom. The van der Waals surface area contributed by atoms with Gasteiger partial charge in [0.05, 0.1) is 0 Å². The molecule has 121 valence electrons. The maximum absolute atomic E-state index is 12.5. The second kappa shape index (κ2) is 4.29. The van der Waals surface area contributed by atoms with E-state index in [9.17, 15) is 57.1 Å². The number of halogens is 13. The average molecular weight is 333 g/mol. The third-order valence-corrected chi connectivity index (χ3v) is 2.00. The van der Waals surface area contributed by atoms with Crippen LogP contribution in [0.4, 0.5) is 57.1 Å². The van der Waals surface area contributed by atoms with Crippen molar-refractivity contribution in [2.24, 2.45) is 0 Å². The van der Waals surface area contributed by atoms with Crippen LogP contribution >= 0.6 is 0 Å². The topological polar surface area (TPSA) is 0 Å². The van der Waals surface area contributed by atoms with Gasteiger partial charge in [0.15, 0.2) is 0 Å². The van der Waals surface area contributed by atoms with E-state index in [-0.39, 0.29) is 0 Å². The monoisotopic (exact) mass is 333 g/mol. The van der Waals surface area contributed by atoms with E-state index < -0.39 is 35.8 Å². The molecule has 0 aromatic carbocycles. The van der Waals surface area contributed by atoms with Gasteiger partial charge in [-0.05, 0) is 0 Å². The zero-order valence-electron chi connectivity index (χ0n) is 8.62. The molecule has 0 aromatic heterocycles. The van der Waals surface area contributed by atoms with Crippen molar-refractivity contribution in [3.05, 3.63) is 6.92 Å². The predicted octanol–water partition coefficient (Wildman–Crippen LogP) is 4.56. The van der Waals surface area contributed by atoms with Crippen LogP contribution in [0.5, 0.6) is 0 Å². The van der Waals surface area contributed by atoms with E-state index in [4.69, 9.17) is 0 Å². The van der Waals surface area contributed by atoms with E-state index in [2.05, 4.69) is 0 Å². The van der Waals surface area contributed by atoms with Crippen molar-refractivity contribution in [3.63, 3.8) is 0 Å². The molecular formula is C7H2F13. The Balaban J connectivity index is 6.08. The lowest BCUT2D eigenvalue weighted by Gasteiger charge is -2.38. The van der Waals surface area contributed by atoms with E-state index in [0.29, 0.717) is 0 Å². The van der Waals surface area contributed by atoms with Crippen LogP contribution in [-0.4, -0.2) is 35.8 Å². The van der Waals surface area contributed by atoms with Gasteiger partial charge < -0.3 is 0 Å². The first-order valence-corrected chi connectivity index (χ1v) is 4.06. The van der Waals surface area contributed by atoms with E-state index in [0.717, 1.165) is 6.92 Å². The predicted molar refractivity (Wildman–Crippen MR) is 36.1 cm³/mol. The zero-order chi connectivity index (χ0) is 17.0. The van der Waals surface area contributed by atoms with Gasteiger partial charge in [0, 0.05) is 6.92 Å². The van der Waals surface area contributed by atoms with Gasteiger partial charge in [-0.15, -0.1) is 0 Å². The molecule has 0 saturated carbocycles. The number of alkyl halides is 13. The molecule has 0 amide bonds. The number of rotatable bonds is 4. The van der Waals surface area contributed by atoms with Crippen molar-refractivity contribution >= 4 is 0 Å². The minimum Gasteiger partial charge on any atom is -0.200 e. The molecule has 20 heavy (non-hydrogen) atoms. The highest BCUT2D eigenvalue weighted by molar-refractivity contribution is 5.10. The summed E-state index contributed by atoms with van der Waals surface area (Å²) in [6, 6.07) is 0. The molecule has 0 heterocycles. The van der Waals surface area contributed by atoms with Crippen LogP contribution in [0, 0.1) is 6.92 Å². The van der Waals surface area contributed by atoms with E-state index >= 15 is 0 Å². The van der Waals surface area contributed by atoms with Crippen LogP contribution in [0.15, 0.2) is 0 Å². The zero-order valence-corrected chi connectivity index (χ0v) is 8.62. The fourth-order valence-electron chi connectivity index (χ4n) is 0.802. The van der Waals surface area contributed by atoms with Crippen molar-refractivity contribution in [1.82, 2.24) is 0 Å². The fourth-order valence-corrected chi connectivity index (χ4v) is 0.802. The van der Waals surface area contributed by atoms with Gasteiger partial charge >= 0.3 is 35.8 Å². The molecule has 0 atom stereocenters. The third kappa shape index (κ3) is 2.28. The smallest absolute Gasteiger partial charge is 0.200 e. The Bertz CT molecular complexity index is 320. The van der Waals surface area contributed by atoms with Crippen LogP contribution in [0.2, 0.25) is 0 Å². The van der Waals surface area contributed by atoms with Gasteiger partial charge in [-0.2, -0.15) is 57.1 Å². The summed E-state index contributed by atoms with van der Waals surface area (Å²) in [7, 11) is 0. The van der Waals surface area contributed by atoms with Gasteiger partial charge in [0.1, 0.15) is 0 Å².